The number of nitrogens with one attached hydrogen (secondary N) is 1. The van der Waals surface area contributed by atoms with Gasteiger partial charge in [0.05, 0.1) is 0 Å². The molecule has 0 fully saturated rings. The van der Waals surface area contributed by atoms with E-state index in [0.717, 1.165) is 5.56 Å². The lowest BCUT2D eigenvalue weighted by molar-refractivity contribution is -0.143. The van der Waals surface area contributed by atoms with Crippen LogP contribution in [0.25, 0.3) is 0 Å². The average molecular weight is 265 g/mol. The van der Waals surface area contributed by atoms with Crippen LogP contribution in [-0.2, 0) is 16.0 Å². The van der Waals surface area contributed by atoms with Gasteiger partial charge in [-0.15, -0.1) is 0 Å². The molecule has 0 aliphatic heterocycles. The van der Waals surface area contributed by atoms with Gasteiger partial charge in [0.2, 0.25) is 0 Å². The number of aryl methyl sites for hydroxylation is 1. The minimum absolute atomic E-state index is 0.0200. The summed E-state index contributed by atoms with van der Waals surface area (Å²) >= 11 is 0. The number of hydrogen-bond acceptors (Lipinski definition) is 3. The summed E-state index contributed by atoms with van der Waals surface area (Å²) in [6.07, 6.45) is -0.379. The minimum atomic E-state index is -1.69. The molecule has 0 aliphatic carbocycles. The minimum Gasteiger partial charge on any atom is -0.479 e. The smallest absolute Gasteiger partial charge is 0.405 e. The first-order chi connectivity index (χ1) is 9.00. The van der Waals surface area contributed by atoms with Gasteiger partial charge in [-0.2, -0.15) is 0 Å². The van der Waals surface area contributed by atoms with Crippen LogP contribution in [0.4, 0.5) is 4.79 Å². The summed E-state index contributed by atoms with van der Waals surface area (Å²) < 4.78 is 0. The Bertz CT molecular complexity index is 457. The first-order valence-electron chi connectivity index (χ1n) is 5.79. The van der Waals surface area contributed by atoms with Crippen molar-refractivity contribution in [3.8, 4) is 0 Å². The van der Waals surface area contributed by atoms with Crippen molar-refractivity contribution < 1.29 is 24.6 Å². The molecule has 0 bridgehead atoms. The molecule has 0 radical (unpaired) electrons. The van der Waals surface area contributed by atoms with Crippen molar-refractivity contribution in [2.24, 2.45) is 0 Å². The molecular weight excluding hydrogens is 250 g/mol. The van der Waals surface area contributed by atoms with Crippen LogP contribution < -0.4 is 5.32 Å². The number of benzene rings is 1. The Balaban J connectivity index is 2.44. The number of ketones is 1. The van der Waals surface area contributed by atoms with E-state index in [0.29, 0.717) is 12.8 Å². The molecule has 0 aromatic heterocycles. The third-order valence-electron chi connectivity index (χ3n) is 2.57. The first kappa shape index (κ1) is 14.7. The predicted molar refractivity (Wildman–Crippen MR) is 67.0 cm³/mol. The van der Waals surface area contributed by atoms with E-state index in [-0.39, 0.29) is 6.42 Å². The zero-order valence-electron chi connectivity index (χ0n) is 10.2. The van der Waals surface area contributed by atoms with Crippen molar-refractivity contribution in [3.63, 3.8) is 0 Å². The summed E-state index contributed by atoms with van der Waals surface area (Å²) in [5.41, 5.74) is 1.05. The molecular formula is C13H15NO5. The maximum atomic E-state index is 11.6. The zero-order valence-corrected chi connectivity index (χ0v) is 10.2. The van der Waals surface area contributed by atoms with Gasteiger partial charge in [0.15, 0.2) is 11.8 Å². The monoisotopic (exact) mass is 265 g/mol. The van der Waals surface area contributed by atoms with E-state index in [2.05, 4.69) is 0 Å². The maximum absolute atomic E-state index is 11.6. The van der Waals surface area contributed by atoms with Crippen molar-refractivity contribution in [1.82, 2.24) is 5.32 Å². The van der Waals surface area contributed by atoms with Crippen LogP contribution in [0.2, 0.25) is 0 Å². The van der Waals surface area contributed by atoms with E-state index >= 15 is 0 Å². The number of Topliss-reactive ketones (excluding diaryl/α,β-unsaturated/α-hetero) is 1. The second-order valence-corrected chi connectivity index (χ2v) is 4.03. The van der Waals surface area contributed by atoms with Gasteiger partial charge in [0, 0.05) is 6.42 Å². The third kappa shape index (κ3) is 5.20. The fourth-order valence-electron chi connectivity index (χ4n) is 1.66. The lowest BCUT2D eigenvalue weighted by Crippen LogP contribution is -2.45. The van der Waals surface area contributed by atoms with Crippen LogP contribution in [0.1, 0.15) is 18.4 Å². The molecule has 0 heterocycles. The number of carboxylic acid groups (broad SMARTS) is 2. The van der Waals surface area contributed by atoms with Crippen LogP contribution in [0.3, 0.4) is 0 Å². The van der Waals surface area contributed by atoms with E-state index in [1.165, 1.54) is 0 Å². The van der Waals surface area contributed by atoms with E-state index in [4.69, 9.17) is 10.2 Å². The van der Waals surface area contributed by atoms with Crippen molar-refractivity contribution in [3.05, 3.63) is 35.9 Å². The Morgan fingerprint density at radius 2 is 1.74 bits per heavy atom. The lowest BCUT2D eigenvalue weighted by Gasteiger charge is -2.10. The van der Waals surface area contributed by atoms with Gasteiger partial charge < -0.3 is 15.5 Å². The molecule has 102 valence electrons. The highest BCUT2D eigenvalue weighted by Gasteiger charge is 2.26. The van der Waals surface area contributed by atoms with Gasteiger partial charge in [-0.3, -0.25) is 4.79 Å². The van der Waals surface area contributed by atoms with Gasteiger partial charge in [0.25, 0.3) is 0 Å². The molecule has 0 spiro atoms. The Morgan fingerprint density at radius 1 is 1.11 bits per heavy atom. The normalized spacial score (nSPS) is 11.6. The van der Waals surface area contributed by atoms with E-state index in [1.54, 1.807) is 5.32 Å². The summed E-state index contributed by atoms with van der Waals surface area (Å²) in [7, 11) is 0. The number of aliphatic carboxylic acids is 1. The van der Waals surface area contributed by atoms with Gasteiger partial charge in [-0.1, -0.05) is 30.3 Å². The quantitative estimate of drug-likeness (QED) is 0.645. The molecule has 6 heteroatoms. The van der Waals surface area contributed by atoms with E-state index < -0.39 is 23.9 Å². The van der Waals surface area contributed by atoms with Gasteiger partial charge in [0.1, 0.15) is 0 Å². The molecule has 1 rings (SSSR count). The fourth-order valence-corrected chi connectivity index (χ4v) is 1.66. The van der Waals surface area contributed by atoms with Crippen molar-refractivity contribution >= 4 is 17.8 Å². The lowest BCUT2D eigenvalue weighted by atomic mass is 10.0. The summed E-state index contributed by atoms with van der Waals surface area (Å²) in [4.78, 5) is 32.8. The molecule has 1 atom stereocenters. The summed E-state index contributed by atoms with van der Waals surface area (Å²) in [6, 6.07) is 7.77. The Hall–Kier alpha value is -2.37. The average Bonchev–Trinajstić information content (AvgIpc) is 2.36. The van der Waals surface area contributed by atoms with E-state index in [9.17, 15) is 14.4 Å². The Morgan fingerprint density at radius 3 is 2.26 bits per heavy atom. The van der Waals surface area contributed by atoms with Crippen LogP contribution in [-0.4, -0.2) is 34.1 Å². The topological polar surface area (TPSA) is 104 Å². The number of amides is 1. The number of carbonyl (C=O) groups excluding carboxylic acids is 1. The fraction of sp³-hybridized carbons (Fsp3) is 0.308. The van der Waals surface area contributed by atoms with Crippen LogP contribution in [0, 0.1) is 0 Å². The van der Waals surface area contributed by atoms with E-state index in [1.807, 2.05) is 30.3 Å². The highest BCUT2D eigenvalue weighted by Crippen LogP contribution is 2.06. The highest BCUT2D eigenvalue weighted by molar-refractivity contribution is 6.04. The second-order valence-electron chi connectivity index (χ2n) is 4.03. The van der Waals surface area contributed by atoms with Gasteiger partial charge in [-0.25, -0.2) is 9.59 Å². The largest absolute Gasteiger partial charge is 0.479 e. The first-order valence-corrected chi connectivity index (χ1v) is 5.79. The molecule has 1 unspecified atom stereocenters. The van der Waals surface area contributed by atoms with Crippen molar-refractivity contribution in [2.75, 3.05) is 0 Å². The Labute approximate surface area is 110 Å². The summed E-state index contributed by atoms with van der Waals surface area (Å²) in [6.45, 7) is 0. The maximum Gasteiger partial charge on any atom is 0.405 e. The number of carbonyl (C=O) groups is 3. The van der Waals surface area contributed by atoms with Crippen LogP contribution in [0.5, 0.6) is 0 Å². The molecule has 1 aromatic rings. The number of rotatable bonds is 7. The second kappa shape index (κ2) is 7.15. The molecule has 1 amide bonds. The van der Waals surface area contributed by atoms with Gasteiger partial charge in [-0.05, 0) is 18.4 Å². The molecule has 0 saturated heterocycles. The molecule has 0 saturated carbocycles. The van der Waals surface area contributed by atoms with Gasteiger partial charge >= 0.3 is 12.1 Å². The summed E-state index contributed by atoms with van der Waals surface area (Å²) in [5, 5.41) is 18.9. The molecule has 0 aliphatic rings. The highest BCUT2D eigenvalue weighted by atomic mass is 16.4. The van der Waals surface area contributed by atoms with Crippen molar-refractivity contribution in [2.45, 2.75) is 25.3 Å². The SMILES string of the molecule is O=C(O)NC(C(=O)O)C(=O)CCCc1ccccc1. The molecule has 1 aromatic carbocycles. The number of carboxylic acids is 1. The van der Waals surface area contributed by atoms with Crippen LogP contribution >= 0.6 is 0 Å². The molecule has 6 nitrogen and oxygen atoms in total. The number of hydrogen-bond donors (Lipinski definition) is 3. The Kier molecular flexibility index (Phi) is 5.53. The van der Waals surface area contributed by atoms with Crippen LogP contribution in [0.15, 0.2) is 30.3 Å². The molecule has 3 N–H and O–H groups in total. The predicted octanol–water partition coefficient (Wildman–Crippen LogP) is 1.30. The standard InChI is InChI=1S/C13H15NO5/c15-10(11(12(16)17)14-13(18)19)8-4-7-9-5-2-1-3-6-9/h1-3,5-6,11,14H,4,7-8H2,(H,16,17)(H,18,19). The third-order valence-corrected chi connectivity index (χ3v) is 2.57. The zero-order chi connectivity index (χ0) is 14.3. The van der Waals surface area contributed by atoms with Crippen molar-refractivity contribution in [1.29, 1.82) is 0 Å². The molecule has 19 heavy (non-hydrogen) atoms. The summed E-state index contributed by atoms with van der Waals surface area (Å²) in [5.74, 6) is -2.11.